The lowest BCUT2D eigenvalue weighted by Gasteiger charge is -2.26. The zero-order valence-corrected chi connectivity index (χ0v) is 13.1. The van der Waals surface area contributed by atoms with E-state index in [1.54, 1.807) is 6.33 Å². The molecule has 0 saturated carbocycles. The fourth-order valence-corrected chi connectivity index (χ4v) is 3.21. The van der Waals surface area contributed by atoms with Crippen molar-refractivity contribution in [1.29, 1.82) is 0 Å². The summed E-state index contributed by atoms with van der Waals surface area (Å²) in [6.45, 7) is 3.14. The predicted octanol–water partition coefficient (Wildman–Crippen LogP) is 4.56. The average Bonchev–Trinajstić information content (AvgIpc) is 2.72. The summed E-state index contributed by atoms with van der Waals surface area (Å²) in [5, 5.41) is 0.587. The molecule has 21 heavy (non-hydrogen) atoms. The first-order valence-corrected chi connectivity index (χ1v) is 8.04. The van der Waals surface area contributed by atoms with Crippen LogP contribution >= 0.6 is 11.6 Å². The van der Waals surface area contributed by atoms with E-state index in [4.69, 9.17) is 11.6 Å². The number of fused-ring (bicyclic) bond motifs is 1. The van der Waals surface area contributed by atoms with E-state index < -0.39 is 0 Å². The van der Waals surface area contributed by atoms with Gasteiger partial charge in [0.2, 0.25) is 0 Å². The first-order chi connectivity index (χ1) is 10.3. The number of halogens is 1. The molecule has 0 radical (unpaired) electrons. The van der Waals surface area contributed by atoms with Crippen LogP contribution in [-0.4, -0.2) is 16.5 Å². The van der Waals surface area contributed by atoms with Gasteiger partial charge in [-0.25, -0.2) is 9.97 Å². The molecule has 110 valence electrons. The molecule has 0 saturated heterocycles. The van der Waals surface area contributed by atoms with Gasteiger partial charge in [-0.3, -0.25) is 0 Å². The predicted molar refractivity (Wildman–Crippen MR) is 87.4 cm³/mol. The van der Waals surface area contributed by atoms with Gasteiger partial charge in [0.25, 0.3) is 0 Å². The van der Waals surface area contributed by atoms with E-state index >= 15 is 0 Å². The van der Waals surface area contributed by atoms with Crippen LogP contribution in [0.25, 0.3) is 0 Å². The van der Waals surface area contributed by atoms with E-state index in [1.165, 1.54) is 24.1 Å². The van der Waals surface area contributed by atoms with Crippen LogP contribution in [0, 0.1) is 0 Å². The van der Waals surface area contributed by atoms with Crippen LogP contribution < -0.4 is 4.90 Å². The lowest BCUT2D eigenvalue weighted by molar-refractivity contribution is 0.753. The second kappa shape index (κ2) is 6.44. The zero-order valence-electron chi connectivity index (χ0n) is 12.3. The normalized spacial score (nSPS) is 14.7. The molecule has 0 aliphatic carbocycles. The fourth-order valence-electron chi connectivity index (χ4n) is 2.99. The molecule has 0 spiro atoms. The molecule has 1 aromatic heterocycles. The molecule has 0 bridgehead atoms. The van der Waals surface area contributed by atoms with Crippen LogP contribution in [0.1, 0.15) is 37.3 Å². The Morgan fingerprint density at radius 3 is 2.90 bits per heavy atom. The topological polar surface area (TPSA) is 29.0 Å². The standard InChI is InChI=1S/C17H20ClN3/c1-2-7-14-16(18)19-12-20-17(14)21-11-6-5-9-13-8-3-4-10-15(13)21/h3-4,8,10,12H,2,5-7,9,11H2,1H3. The average molecular weight is 302 g/mol. The van der Waals surface area contributed by atoms with Crippen molar-refractivity contribution in [1.82, 2.24) is 9.97 Å². The smallest absolute Gasteiger partial charge is 0.141 e. The third kappa shape index (κ3) is 2.88. The van der Waals surface area contributed by atoms with Crippen molar-refractivity contribution in [3.05, 3.63) is 46.9 Å². The number of anilines is 2. The lowest BCUT2D eigenvalue weighted by atomic mass is 10.1. The van der Waals surface area contributed by atoms with Crippen molar-refractivity contribution < 1.29 is 0 Å². The maximum Gasteiger partial charge on any atom is 0.141 e. The Morgan fingerprint density at radius 1 is 1.19 bits per heavy atom. The van der Waals surface area contributed by atoms with Crippen molar-refractivity contribution in [2.24, 2.45) is 0 Å². The van der Waals surface area contributed by atoms with E-state index in [1.807, 2.05) is 0 Å². The number of hydrogen-bond acceptors (Lipinski definition) is 3. The van der Waals surface area contributed by atoms with E-state index in [0.717, 1.165) is 37.2 Å². The first kappa shape index (κ1) is 14.3. The Morgan fingerprint density at radius 2 is 2.05 bits per heavy atom. The molecule has 0 atom stereocenters. The molecule has 1 aliphatic rings. The van der Waals surface area contributed by atoms with Crippen LogP contribution in [-0.2, 0) is 12.8 Å². The maximum atomic E-state index is 6.32. The molecule has 3 rings (SSSR count). The van der Waals surface area contributed by atoms with Crippen LogP contribution in [0.2, 0.25) is 5.15 Å². The van der Waals surface area contributed by atoms with Crippen LogP contribution in [0.3, 0.4) is 0 Å². The summed E-state index contributed by atoms with van der Waals surface area (Å²) in [4.78, 5) is 11.0. The molecule has 0 fully saturated rings. The van der Waals surface area contributed by atoms with Gasteiger partial charge in [0, 0.05) is 17.8 Å². The van der Waals surface area contributed by atoms with Crippen molar-refractivity contribution in [3.8, 4) is 0 Å². The van der Waals surface area contributed by atoms with Crippen molar-refractivity contribution in [3.63, 3.8) is 0 Å². The number of para-hydroxylation sites is 1. The summed E-state index contributed by atoms with van der Waals surface area (Å²) >= 11 is 6.32. The van der Waals surface area contributed by atoms with Crippen molar-refractivity contribution in [2.75, 3.05) is 11.4 Å². The molecule has 2 heterocycles. The zero-order chi connectivity index (χ0) is 14.7. The molecule has 3 nitrogen and oxygen atoms in total. The minimum absolute atomic E-state index is 0.587. The molecule has 2 aromatic rings. The van der Waals surface area contributed by atoms with Gasteiger partial charge in [0.05, 0.1) is 0 Å². The van der Waals surface area contributed by atoms with Crippen LogP contribution in [0.4, 0.5) is 11.5 Å². The first-order valence-electron chi connectivity index (χ1n) is 7.66. The monoisotopic (exact) mass is 301 g/mol. The summed E-state index contributed by atoms with van der Waals surface area (Å²) < 4.78 is 0. The number of aryl methyl sites for hydroxylation is 1. The van der Waals surface area contributed by atoms with Gasteiger partial charge in [-0.1, -0.05) is 43.1 Å². The summed E-state index contributed by atoms with van der Waals surface area (Å²) in [6.07, 6.45) is 7.04. The number of benzene rings is 1. The molecule has 1 aliphatic heterocycles. The SMILES string of the molecule is CCCc1c(Cl)ncnc1N1CCCCc2ccccc21. The third-order valence-corrected chi connectivity index (χ3v) is 4.31. The van der Waals surface area contributed by atoms with Gasteiger partial charge in [0.1, 0.15) is 17.3 Å². The highest BCUT2D eigenvalue weighted by Crippen LogP contribution is 2.35. The van der Waals surface area contributed by atoms with Gasteiger partial charge in [-0.05, 0) is 37.3 Å². The van der Waals surface area contributed by atoms with Crippen molar-refractivity contribution >= 4 is 23.1 Å². The Labute approximate surface area is 131 Å². The van der Waals surface area contributed by atoms with Crippen LogP contribution in [0.15, 0.2) is 30.6 Å². The quantitative estimate of drug-likeness (QED) is 0.778. The summed E-state index contributed by atoms with van der Waals surface area (Å²) in [6, 6.07) is 8.62. The van der Waals surface area contributed by atoms with Gasteiger partial charge in [-0.2, -0.15) is 0 Å². The maximum absolute atomic E-state index is 6.32. The van der Waals surface area contributed by atoms with Crippen molar-refractivity contribution in [2.45, 2.75) is 39.0 Å². The summed E-state index contributed by atoms with van der Waals surface area (Å²) in [5.74, 6) is 0.978. The van der Waals surface area contributed by atoms with E-state index in [9.17, 15) is 0 Å². The second-order valence-electron chi connectivity index (χ2n) is 5.45. The van der Waals surface area contributed by atoms with Crippen LogP contribution in [0.5, 0.6) is 0 Å². The Hall–Kier alpha value is -1.61. The van der Waals surface area contributed by atoms with Gasteiger partial charge in [0.15, 0.2) is 0 Å². The fraction of sp³-hybridized carbons (Fsp3) is 0.412. The number of hydrogen-bond donors (Lipinski definition) is 0. The molecule has 0 amide bonds. The molecular formula is C17H20ClN3. The highest BCUT2D eigenvalue weighted by molar-refractivity contribution is 6.30. The largest absolute Gasteiger partial charge is 0.326 e. The number of rotatable bonds is 3. The van der Waals surface area contributed by atoms with E-state index in [2.05, 4.69) is 46.1 Å². The second-order valence-corrected chi connectivity index (χ2v) is 5.81. The number of aromatic nitrogens is 2. The summed E-state index contributed by atoms with van der Waals surface area (Å²) in [5.41, 5.74) is 3.73. The highest BCUT2D eigenvalue weighted by atomic mass is 35.5. The minimum atomic E-state index is 0.587. The van der Waals surface area contributed by atoms with E-state index in [0.29, 0.717) is 5.15 Å². The minimum Gasteiger partial charge on any atom is -0.326 e. The molecular weight excluding hydrogens is 282 g/mol. The molecule has 1 aromatic carbocycles. The molecule has 4 heteroatoms. The van der Waals surface area contributed by atoms with Gasteiger partial charge >= 0.3 is 0 Å². The van der Waals surface area contributed by atoms with Gasteiger partial charge < -0.3 is 4.90 Å². The lowest BCUT2D eigenvalue weighted by Crippen LogP contribution is -2.21. The Bertz CT molecular complexity index is 627. The van der Waals surface area contributed by atoms with E-state index in [-0.39, 0.29) is 0 Å². The molecule has 0 N–H and O–H groups in total. The third-order valence-electron chi connectivity index (χ3n) is 3.99. The van der Waals surface area contributed by atoms with Gasteiger partial charge in [-0.15, -0.1) is 0 Å². The molecule has 0 unspecified atom stereocenters. The highest BCUT2D eigenvalue weighted by Gasteiger charge is 2.21. The Kier molecular flexibility index (Phi) is 4.39. The number of nitrogens with zero attached hydrogens (tertiary/aromatic N) is 3. The summed E-state index contributed by atoms with van der Waals surface area (Å²) in [7, 11) is 0. The Balaban J connectivity index is 2.10.